The molecule has 0 unspecified atom stereocenters. The van der Waals surface area contributed by atoms with Gasteiger partial charge in [0.2, 0.25) is 0 Å². The summed E-state index contributed by atoms with van der Waals surface area (Å²) >= 11 is 1.27. The maximum absolute atomic E-state index is 12.0. The molecule has 5 nitrogen and oxygen atoms in total. The number of esters is 1. The summed E-state index contributed by atoms with van der Waals surface area (Å²) in [6.07, 6.45) is 1.07. The van der Waals surface area contributed by atoms with Crippen LogP contribution in [-0.4, -0.2) is 23.5 Å². The monoisotopic (exact) mass is 346 g/mol. The highest BCUT2D eigenvalue weighted by Crippen LogP contribution is 2.21. The molecule has 0 radical (unpaired) electrons. The van der Waals surface area contributed by atoms with Gasteiger partial charge in [0.15, 0.2) is 6.61 Å². The maximum Gasteiger partial charge on any atom is 0.350 e. The molecule has 6 heteroatoms. The van der Waals surface area contributed by atoms with E-state index in [1.165, 1.54) is 16.9 Å². The summed E-state index contributed by atoms with van der Waals surface area (Å²) in [4.78, 5) is 28.5. The first kappa shape index (κ1) is 18.1. The maximum atomic E-state index is 12.0. The third-order valence-corrected chi connectivity index (χ3v) is 4.85. The number of amides is 1. The number of nitrogens with one attached hydrogen (secondary N) is 1. The number of rotatable bonds is 6. The number of aryl methyl sites for hydroxylation is 2. The Labute approximate surface area is 146 Å². The fraction of sp³-hybridized carbons (Fsp3) is 0.389. The number of hydrogen-bond donors (Lipinski definition) is 1. The van der Waals surface area contributed by atoms with Crippen molar-refractivity contribution in [1.29, 1.82) is 0 Å². The summed E-state index contributed by atoms with van der Waals surface area (Å²) in [6, 6.07) is 7.72. The largest absolute Gasteiger partial charge is 0.451 e. The third kappa shape index (κ3) is 4.64. The lowest BCUT2D eigenvalue weighted by Crippen LogP contribution is -2.20. The van der Waals surface area contributed by atoms with Crippen molar-refractivity contribution >= 4 is 28.9 Å². The van der Waals surface area contributed by atoms with Gasteiger partial charge in [0.1, 0.15) is 4.88 Å². The van der Waals surface area contributed by atoms with Crippen LogP contribution in [0, 0.1) is 13.8 Å². The molecular weight excluding hydrogens is 324 g/mol. The number of carbonyl (C=O) groups excluding carboxylic acids is 2. The van der Waals surface area contributed by atoms with Gasteiger partial charge in [0.25, 0.3) is 5.91 Å². The Morgan fingerprint density at radius 2 is 1.92 bits per heavy atom. The first-order chi connectivity index (χ1) is 11.4. The SMILES string of the molecule is CC[C@@H](C)c1ccc(NC(=O)COC(=O)c2sc(C)nc2C)cc1. The Bertz CT molecular complexity index is 722. The number of hydrogen-bond acceptors (Lipinski definition) is 5. The summed E-state index contributed by atoms with van der Waals surface area (Å²) < 4.78 is 5.06. The van der Waals surface area contributed by atoms with Crippen LogP contribution in [0.2, 0.25) is 0 Å². The Morgan fingerprint density at radius 1 is 1.25 bits per heavy atom. The fourth-order valence-electron chi connectivity index (χ4n) is 2.25. The summed E-state index contributed by atoms with van der Waals surface area (Å²) in [6.45, 7) is 7.56. The van der Waals surface area contributed by atoms with E-state index in [1.54, 1.807) is 6.92 Å². The first-order valence-electron chi connectivity index (χ1n) is 7.91. The molecule has 1 heterocycles. The molecule has 0 fully saturated rings. The van der Waals surface area contributed by atoms with Crippen LogP contribution in [0.5, 0.6) is 0 Å². The van der Waals surface area contributed by atoms with Gasteiger partial charge in [-0.2, -0.15) is 0 Å². The van der Waals surface area contributed by atoms with Crippen LogP contribution >= 0.6 is 11.3 Å². The molecule has 1 atom stereocenters. The van der Waals surface area contributed by atoms with Gasteiger partial charge in [-0.25, -0.2) is 9.78 Å². The molecule has 0 saturated heterocycles. The normalized spacial score (nSPS) is 11.8. The molecular formula is C18H22N2O3S. The quantitative estimate of drug-likeness (QED) is 0.801. The van der Waals surface area contributed by atoms with Gasteiger partial charge in [-0.05, 0) is 43.9 Å². The van der Waals surface area contributed by atoms with Gasteiger partial charge in [-0.1, -0.05) is 26.0 Å². The van der Waals surface area contributed by atoms with Gasteiger partial charge < -0.3 is 10.1 Å². The van der Waals surface area contributed by atoms with Crippen molar-refractivity contribution in [2.45, 2.75) is 40.0 Å². The summed E-state index contributed by atoms with van der Waals surface area (Å²) in [5.74, 6) is -0.388. The van der Waals surface area contributed by atoms with Crippen molar-refractivity contribution in [3.05, 3.63) is 45.4 Å². The smallest absolute Gasteiger partial charge is 0.350 e. The minimum Gasteiger partial charge on any atom is -0.451 e. The van der Waals surface area contributed by atoms with Crippen molar-refractivity contribution < 1.29 is 14.3 Å². The molecule has 2 rings (SSSR count). The van der Waals surface area contributed by atoms with Crippen LogP contribution < -0.4 is 5.32 Å². The zero-order valence-electron chi connectivity index (χ0n) is 14.4. The van der Waals surface area contributed by atoms with E-state index < -0.39 is 5.97 Å². The van der Waals surface area contributed by atoms with Gasteiger partial charge in [-0.15, -0.1) is 11.3 Å². The molecule has 0 saturated carbocycles. The van der Waals surface area contributed by atoms with Crippen molar-refractivity contribution in [2.75, 3.05) is 11.9 Å². The molecule has 128 valence electrons. The summed E-state index contributed by atoms with van der Waals surface area (Å²) in [5.41, 5.74) is 2.55. The van der Waals surface area contributed by atoms with E-state index in [9.17, 15) is 9.59 Å². The van der Waals surface area contributed by atoms with E-state index in [0.29, 0.717) is 22.2 Å². The van der Waals surface area contributed by atoms with Gasteiger partial charge in [0, 0.05) is 5.69 Å². The van der Waals surface area contributed by atoms with Crippen LogP contribution in [0.15, 0.2) is 24.3 Å². The predicted octanol–water partition coefficient (Wildman–Crippen LogP) is 4.07. The minimum atomic E-state index is -0.514. The van der Waals surface area contributed by atoms with Crippen LogP contribution in [0.1, 0.15) is 52.1 Å². The van der Waals surface area contributed by atoms with Crippen LogP contribution in [0.3, 0.4) is 0 Å². The number of anilines is 1. The minimum absolute atomic E-state index is 0.317. The second-order valence-corrected chi connectivity index (χ2v) is 6.91. The molecule has 0 spiro atoms. The van der Waals surface area contributed by atoms with Crippen LogP contribution in [0.4, 0.5) is 5.69 Å². The number of ether oxygens (including phenoxy) is 1. The summed E-state index contributed by atoms with van der Waals surface area (Å²) in [5, 5.41) is 3.52. The van der Waals surface area contributed by atoms with E-state index in [1.807, 2.05) is 31.2 Å². The Balaban J connectivity index is 1.87. The Kier molecular flexibility index (Phi) is 6.09. The average molecular weight is 346 g/mol. The van der Waals surface area contributed by atoms with E-state index in [-0.39, 0.29) is 12.5 Å². The number of nitrogens with zero attached hydrogens (tertiary/aromatic N) is 1. The van der Waals surface area contributed by atoms with E-state index in [2.05, 4.69) is 24.1 Å². The van der Waals surface area contributed by atoms with E-state index >= 15 is 0 Å². The standard InChI is InChI=1S/C18H22N2O3S/c1-5-11(2)14-6-8-15(9-7-14)20-16(21)10-23-18(22)17-12(3)19-13(4)24-17/h6-9,11H,5,10H2,1-4H3,(H,20,21)/t11-/m1/s1. The van der Waals surface area contributed by atoms with Gasteiger partial charge in [0.05, 0.1) is 10.7 Å². The van der Waals surface area contributed by atoms with Crippen LogP contribution in [-0.2, 0) is 9.53 Å². The summed E-state index contributed by atoms with van der Waals surface area (Å²) in [7, 11) is 0. The zero-order chi connectivity index (χ0) is 17.7. The number of aromatic nitrogens is 1. The predicted molar refractivity (Wildman–Crippen MR) is 95.6 cm³/mol. The second kappa shape index (κ2) is 8.06. The molecule has 2 aromatic rings. The number of thiazole rings is 1. The molecule has 1 aromatic heterocycles. The molecule has 0 aliphatic rings. The molecule has 0 aliphatic heterocycles. The fourth-order valence-corrected chi connectivity index (χ4v) is 3.06. The highest BCUT2D eigenvalue weighted by Gasteiger charge is 2.16. The Hall–Kier alpha value is -2.21. The van der Waals surface area contributed by atoms with Gasteiger partial charge in [-0.3, -0.25) is 4.79 Å². The highest BCUT2D eigenvalue weighted by atomic mass is 32.1. The molecule has 0 bridgehead atoms. The Morgan fingerprint density at radius 3 is 2.46 bits per heavy atom. The molecule has 0 aliphatic carbocycles. The molecule has 24 heavy (non-hydrogen) atoms. The van der Waals surface area contributed by atoms with Crippen molar-refractivity contribution in [1.82, 2.24) is 4.98 Å². The second-order valence-electron chi connectivity index (χ2n) is 5.70. The molecule has 1 amide bonds. The van der Waals surface area contributed by atoms with E-state index in [0.717, 1.165) is 11.4 Å². The lowest BCUT2D eigenvalue weighted by Gasteiger charge is -2.10. The number of benzene rings is 1. The zero-order valence-corrected chi connectivity index (χ0v) is 15.2. The highest BCUT2D eigenvalue weighted by molar-refractivity contribution is 7.13. The average Bonchev–Trinajstić information content (AvgIpc) is 2.91. The van der Waals surface area contributed by atoms with Crippen molar-refractivity contribution in [3.8, 4) is 0 Å². The van der Waals surface area contributed by atoms with E-state index in [4.69, 9.17) is 4.74 Å². The topological polar surface area (TPSA) is 68.3 Å². The molecule has 1 N–H and O–H groups in total. The lowest BCUT2D eigenvalue weighted by atomic mass is 9.99. The van der Waals surface area contributed by atoms with Crippen LogP contribution in [0.25, 0.3) is 0 Å². The third-order valence-electron chi connectivity index (χ3n) is 3.80. The number of carbonyl (C=O) groups is 2. The van der Waals surface area contributed by atoms with Gasteiger partial charge >= 0.3 is 5.97 Å². The van der Waals surface area contributed by atoms with Crippen molar-refractivity contribution in [3.63, 3.8) is 0 Å². The van der Waals surface area contributed by atoms with Crippen molar-refractivity contribution in [2.24, 2.45) is 0 Å². The first-order valence-corrected chi connectivity index (χ1v) is 8.73. The molecule has 1 aromatic carbocycles. The lowest BCUT2D eigenvalue weighted by molar-refractivity contribution is -0.119.